The van der Waals surface area contributed by atoms with Gasteiger partial charge in [-0.25, -0.2) is 0 Å². The van der Waals surface area contributed by atoms with E-state index >= 15 is 0 Å². The van der Waals surface area contributed by atoms with Crippen molar-refractivity contribution in [3.05, 3.63) is 36.0 Å². The van der Waals surface area contributed by atoms with Crippen molar-refractivity contribution >= 4 is 10.9 Å². The summed E-state index contributed by atoms with van der Waals surface area (Å²) < 4.78 is 7.30. The van der Waals surface area contributed by atoms with Crippen LogP contribution in [0.2, 0.25) is 0 Å². The molecule has 1 heterocycles. The third kappa shape index (κ3) is 2.26. The molecule has 0 bridgehead atoms. The highest BCUT2D eigenvalue weighted by Gasteiger charge is 2.01. The number of benzene rings is 1. The highest BCUT2D eigenvalue weighted by Crippen LogP contribution is 2.17. The molecule has 0 saturated carbocycles. The van der Waals surface area contributed by atoms with E-state index in [0.29, 0.717) is 6.54 Å². The molecule has 0 aliphatic heterocycles. The zero-order valence-corrected chi connectivity index (χ0v) is 9.65. The smallest absolute Gasteiger partial charge is 0.0641 e. The minimum Gasteiger partial charge on any atom is -0.383 e. The average molecular weight is 218 g/mol. The number of nitrogens with two attached hydrogens (primary N) is 1. The molecule has 1 aromatic carbocycles. The fraction of sp³-hybridized carbons (Fsp3) is 0.385. The van der Waals surface area contributed by atoms with E-state index < -0.39 is 0 Å². The van der Waals surface area contributed by atoms with Crippen LogP contribution in [0.5, 0.6) is 0 Å². The van der Waals surface area contributed by atoms with E-state index in [1.807, 2.05) is 0 Å². The molecule has 0 saturated heterocycles. The summed E-state index contributed by atoms with van der Waals surface area (Å²) in [5.41, 5.74) is 8.12. The molecule has 0 fully saturated rings. The molecule has 2 rings (SSSR count). The normalized spacial score (nSPS) is 11.1. The van der Waals surface area contributed by atoms with E-state index in [1.54, 1.807) is 7.11 Å². The Morgan fingerprint density at radius 3 is 2.94 bits per heavy atom. The van der Waals surface area contributed by atoms with Gasteiger partial charge in [-0.15, -0.1) is 0 Å². The quantitative estimate of drug-likeness (QED) is 0.831. The Morgan fingerprint density at radius 2 is 2.19 bits per heavy atom. The molecule has 16 heavy (non-hydrogen) atoms. The summed E-state index contributed by atoms with van der Waals surface area (Å²) >= 11 is 0. The molecule has 0 aliphatic rings. The second-order valence-corrected chi connectivity index (χ2v) is 3.93. The Morgan fingerprint density at radius 1 is 1.31 bits per heavy atom. The summed E-state index contributed by atoms with van der Waals surface area (Å²) in [7, 11) is 1.73. The van der Waals surface area contributed by atoms with Crippen LogP contribution in [0, 0.1) is 0 Å². The highest BCUT2D eigenvalue weighted by molar-refractivity contribution is 5.80. The monoisotopic (exact) mass is 218 g/mol. The van der Waals surface area contributed by atoms with Gasteiger partial charge in [-0.05, 0) is 42.1 Å². The lowest BCUT2D eigenvalue weighted by Gasteiger charge is -2.05. The molecule has 2 aromatic rings. The zero-order valence-electron chi connectivity index (χ0n) is 9.65. The average Bonchev–Trinajstić information content (AvgIpc) is 2.69. The molecule has 0 radical (unpaired) electrons. The number of methoxy groups -OCH3 is 1. The molecule has 86 valence electrons. The lowest BCUT2D eigenvalue weighted by Crippen LogP contribution is -2.03. The molecular weight excluding hydrogens is 200 g/mol. The molecule has 2 N–H and O–H groups in total. The molecule has 3 nitrogen and oxygen atoms in total. The summed E-state index contributed by atoms with van der Waals surface area (Å²) in [5.74, 6) is 0. The first-order valence-electron chi connectivity index (χ1n) is 5.62. The van der Waals surface area contributed by atoms with Crippen LogP contribution < -0.4 is 5.73 Å². The van der Waals surface area contributed by atoms with Crippen LogP contribution in [0.3, 0.4) is 0 Å². The van der Waals surface area contributed by atoms with Gasteiger partial charge >= 0.3 is 0 Å². The number of nitrogens with zero attached hydrogens (tertiary/aromatic N) is 1. The molecule has 0 spiro atoms. The number of ether oxygens (including phenoxy) is 1. The van der Waals surface area contributed by atoms with Gasteiger partial charge in [-0.3, -0.25) is 0 Å². The van der Waals surface area contributed by atoms with Gasteiger partial charge in [0.2, 0.25) is 0 Å². The molecular formula is C13H18N2O. The van der Waals surface area contributed by atoms with Crippen LogP contribution in [-0.4, -0.2) is 24.8 Å². The van der Waals surface area contributed by atoms with Crippen molar-refractivity contribution in [3.8, 4) is 0 Å². The van der Waals surface area contributed by atoms with Gasteiger partial charge in [0.05, 0.1) is 6.61 Å². The highest BCUT2D eigenvalue weighted by atomic mass is 16.5. The molecule has 0 atom stereocenters. The predicted molar refractivity (Wildman–Crippen MR) is 66.6 cm³/mol. The van der Waals surface area contributed by atoms with E-state index in [9.17, 15) is 0 Å². The van der Waals surface area contributed by atoms with E-state index in [2.05, 4.69) is 35.0 Å². The van der Waals surface area contributed by atoms with Crippen molar-refractivity contribution in [3.63, 3.8) is 0 Å². The largest absolute Gasteiger partial charge is 0.383 e. The zero-order chi connectivity index (χ0) is 11.4. The van der Waals surface area contributed by atoms with Gasteiger partial charge in [0.1, 0.15) is 0 Å². The van der Waals surface area contributed by atoms with Crippen LogP contribution in [0.25, 0.3) is 10.9 Å². The maximum Gasteiger partial charge on any atom is 0.0641 e. The number of fused-ring (bicyclic) bond motifs is 1. The first kappa shape index (κ1) is 11.2. The lowest BCUT2D eigenvalue weighted by molar-refractivity contribution is 0.188. The van der Waals surface area contributed by atoms with Gasteiger partial charge in [-0.2, -0.15) is 0 Å². The Bertz CT molecular complexity index is 462. The minimum atomic E-state index is 0.704. The SMILES string of the molecule is COCCn1ccc2cc(CCN)ccc21. The van der Waals surface area contributed by atoms with Crippen molar-refractivity contribution < 1.29 is 4.74 Å². The fourth-order valence-electron chi connectivity index (χ4n) is 1.96. The van der Waals surface area contributed by atoms with E-state index in [0.717, 1.165) is 19.6 Å². The van der Waals surface area contributed by atoms with Crippen LogP contribution in [0.15, 0.2) is 30.5 Å². The Kier molecular flexibility index (Phi) is 3.59. The second kappa shape index (κ2) is 5.14. The number of hydrogen-bond acceptors (Lipinski definition) is 2. The molecule has 3 heteroatoms. The Balaban J connectivity index is 2.27. The third-order valence-corrected chi connectivity index (χ3v) is 2.80. The van der Waals surface area contributed by atoms with Gasteiger partial charge in [0.25, 0.3) is 0 Å². The first-order chi connectivity index (χ1) is 7.85. The Labute approximate surface area is 95.8 Å². The van der Waals surface area contributed by atoms with E-state index in [-0.39, 0.29) is 0 Å². The first-order valence-corrected chi connectivity index (χ1v) is 5.62. The van der Waals surface area contributed by atoms with Crippen LogP contribution in [-0.2, 0) is 17.7 Å². The number of aromatic nitrogens is 1. The van der Waals surface area contributed by atoms with E-state index in [1.165, 1.54) is 16.5 Å². The van der Waals surface area contributed by atoms with Crippen LogP contribution >= 0.6 is 0 Å². The predicted octanol–water partition coefficient (Wildman–Crippen LogP) is 1.79. The summed E-state index contributed by atoms with van der Waals surface area (Å²) in [4.78, 5) is 0. The van der Waals surface area contributed by atoms with Crippen molar-refractivity contribution in [2.45, 2.75) is 13.0 Å². The van der Waals surface area contributed by atoms with Gasteiger partial charge < -0.3 is 15.0 Å². The van der Waals surface area contributed by atoms with Crippen molar-refractivity contribution in [2.24, 2.45) is 5.73 Å². The summed E-state index contributed by atoms with van der Waals surface area (Å²) in [6, 6.07) is 8.67. The second-order valence-electron chi connectivity index (χ2n) is 3.93. The number of rotatable bonds is 5. The van der Waals surface area contributed by atoms with Gasteiger partial charge in [0, 0.05) is 25.4 Å². The van der Waals surface area contributed by atoms with Crippen molar-refractivity contribution in [2.75, 3.05) is 20.3 Å². The molecule has 0 unspecified atom stereocenters. The topological polar surface area (TPSA) is 40.2 Å². The Hall–Kier alpha value is -1.32. The van der Waals surface area contributed by atoms with Gasteiger partial charge in [0.15, 0.2) is 0 Å². The maximum atomic E-state index is 5.55. The minimum absolute atomic E-state index is 0.704. The molecule has 0 amide bonds. The maximum absolute atomic E-state index is 5.55. The third-order valence-electron chi connectivity index (χ3n) is 2.80. The summed E-state index contributed by atoms with van der Waals surface area (Å²) in [6.07, 6.45) is 3.05. The summed E-state index contributed by atoms with van der Waals surface area (Å²) in [6.45, 7) is 2.35. The van der Waals surface area contributed by atoms with Crippen molar-refractivity contribution in [1.29, 1.82) is 0 Å². The number of hydrogen-bond donors (Lipinski definition) is 1. The van der Waals surface area contributed by atoms with Gasteiger partial charge in [-0.1, -0.05) is 6.07 Å². The standard InChI is InChI=1S/C13H18N2O/c1-16-9-8-15-7-5-12-10-11(4-6-14)2-3-13(12)15/h2-3,5,7,10H,4,6,8-9,14H2,1H3. The molecule has 0 aliphatic carbocycles. The van der Waals surface area contributed by atoms with Crippen molar-refractivity contribution in [1.82, 2.24) is 4.57 Å². The lowest BCUT2D eigenvalue weighted by atomic mass is 10.1. The van der Waals surface area contributed by atoms with E-state index in [4.69, 9.17) is 10.5 Å². The summed E-state index contributed by atoms with van der Waals surface area (Å²) in [5, 5.41) is 1.28. The van der Waals surface area contributed by atoms with Crippen LogP contribution in [0.4, 0.5) is 0 Å². The molecule has 1 aromatic heterocycles. The van der Waals surface area contributed by atoms with Crippen LogP contribution in [0.1, 0.15) is 5.56 Å². The fourth-order valence-corrected chi connectivity index (χ4v) is 1.96.